The van der Waals surface area contributed by atoms with Gasteiger partial charge in [0, 0.05) is 11.9 Å². The first-order chi connectivity index (χ1) is 13.8. The smallest absolute Gasteiger partial charge is 0.118 e. The van der Waals surface area contributed by atoms with Gasteiger partial charge in [0.05, 0.1) is 7.11 Å². The maximum Gasteiger partial charge on any atom is 0.118 e. The number of rotatable bonds is 10. The van der Waals surface area contributed by atoms with Crippen LogP contribution < -0.4 is 4.74 Å². The molecule has 2 nitrogen and oxygen atoms in total. The second-order valence-corrected chi connectivity index (χ2v) is 7.39. The van der Waals surface area contributed by atoms with Gasteiger partial charge in [0.2, 0.25) is 0 Å². The third-order valence-electron chi connectivity index (χ3n) is 5.25. The number of aryl methyl sites for hydroxylation is 3. The number of methoxy groups -OCH3 is 1. The molecule has 0 fully saturated rings. The van der Waals surface area contributed by atoms with E-state index in [9.17, 15) is 0 Å². The predicted octanol–water partition coefficient (Wildman–Crippen LogP) is 6.67. The Bertz CT molecular complexity index is 820. The number of pyridine rings is 1. The quantitative estimate of drug-likeness (QED) is 0.370. The van der Waals surface area contributed by atoms with Crippen molar-refractivity contribution in [2.75, 3.05) is 7.11 Å². The van der Waals surface area contributed by atoms with E-state index < -0.39 is 0 Å². The van der Waals surface area contributed by atoms with Gasteiger partial charge in [0.1, 0.15) is 5.75 Å². The number of nitrogens with zero attached hydrogens (tertiary/aromatic N) is 1. The standard InChI is InChI=1S/C26H31NO/c1-3-4-5-6-7-22-11-17-25(27-20-22)16-10-21-8-12-23(13-9-21)24-14-18-26(28-2)19-15-24/h8-9,11-15,17-20H,3-7,10,16H2,1-2H3. The molecule has 2 heteroatoms. The van der Waals surface area contributed by atoms with Gasteiger partial charge >= 0.3 is 0 Å². The summed E-state index contributed by atoms with van der Waals surface area (Å²) in [6.07, 6.45) is 10.4. The Morgan fingerprint density at radius 2 is 1.36 bits per heavy atom. The van der Waals surface area contributed by atoms with Gasteiger partial charge in [0.25, 0.3) is 0 Å². The number of hydrogen-bond donors (Lipinski definition) is 0. The Labute approximate surface area is 169 Å². The molecule has 0 saturated heterocycles. The van der Waals surface area contributed by atoms with Crippen molar-refractivity contribution in [2.24, 2.45) is 0 Å². The lowest BCUT2D eigenvalue weighted by molar-refractivity contribution is 0.415. The van der Waals surface area contributed by atoms with Gasteiger partial charge in [0.15, 0.2) is 0 Å². The van der Waals surface area contributed by atoms with E-state index in [1.807, 2.05) is 12.1 Å². The largest absolute Gasteiger partial charge is 0.497 e. The van der Waals surface area contributed by atoms with E-state index in [4.69, 9.17) is 4.74 Å². The van der Waals surface area contributed by atoms with Crippen molar-refractivity contribution in [3.05, 3.63) is 83.7 Å². The van der Waals surface area contributed by atoms with Crippen molar-refractivity contribution in [3.8, 4) is 16.9 Å². The molecular weight excluding hydrogens is 342 g/mol. The van der Waals surface area contributed by atoms with Gasteiger partial charge in [-0.3, -0.25) is 4.98 Å². The SMILES string of the molecule is CCCCCCc1ccc(CCc2ccc(-c3ccc(OC)cc3)cc2)nc1. The third kappa shape index (κ3) is 5.95. The van der Waals surface area contributed by atoms with Gasteiger partial charge in [-0.05, 0) is 66.1 Å². The van der Waals surface area contributed by atoms with Crippen LogP contribution in [0.15, 0.2) is 66.9 Å². The number of hydrogen-bond acceptors (Lipinski definition) is 2. The second kappa shape index (κ2) is 10.7. The molecular formula is C26H31NO. The number of ether oxygens (including phenoxy) is 1. The Hall–Kier alpha value is -2.61. The minimum atomic E-state index is 0.889. The number of benzene rings is 2. The molecule has 0 radical (unpaired) electrons. The van der Waals surface area contributed by atoms with Crippen LogP contribution in [0.2, 0.25) is 0 Å². The van der Waals surface area contributed by atoms with Crippen LogP contribution in [0.3, 0.4) is 0 Å². The number of unbranched alkanes of at least 4 members (excludes halogenated alkanes) is 3. The predicted molar refractivity (Wildman–Crippen MR) is 118 cm³/mol. The monoisotopic (exact) mass is 373 g/mol. The molecule has 0 aliphatic heterocycles. The highest BCUT2D eigenvalue weighted by atomic mass is 16.5. The van der Waals surface area contributed by atoms with Crippen molar-refractivity contribution in [2.45, 2.75) is 51.9 Å². The maximum absolute atomic E-state index is 5.23. The summed E-state index contributed by atoms with van der Waals surface area (Å²) >= 11 is 0. The minimum Gasteiger partial charge on any atom is -0.497 e. The minimum absolute atomic E-state index is 0.889. The summed E-state index contributed by atoms with van der Waals surface area (Å²) in [7, 11) is 1.69. The van der Waals surface area contributed by atoms with Crippen molar-refractivity contribution in [3.63, 3.8) is 0 Å². The molecule has 0 saturated carbocycles. The highest BCUT2D eigenvalue weighted by Crippen LogP contribution is 2.23. The van der Waals surface area contributed by atoms with Gasteiger partial charge in [-0.15, -0.1) is 0 Å². The molecule has 0 atom stereocenters. The van der Waals surface area contributed by atoms with Crippen LogP contribution in [0.25, 0.3) is 11.1 Å². The molecule has 0 spiro atoms. The summed E-state index contributed by atoms with van der Waals surface area (Å²) in [5.41, 5.74) is 6.34. The Balaban J connectivity index is 1.50. The average molecular weight is 374 g/mol. The van der Waals surface area contributed by atoms with Crippen LogP contribution in [-0.2, 0) is 19.3 Å². The lowest BCUT2D eigenvalue weighted by Gasteiger charge is -2.07. The first-order valence-corrected chi connectivity index (χ1v) is 10.5. The Morgan fingerprint density at radius 3 is 1.96 bits per heavy atom. The van der Waals surface area contributed by atoms with Crippen LogP contribution >= 0.6 is 0 Å². The molecule has 0 bridgehead atoms. The summed E-state index contributed by atoms with van der Waals surface area (Å²) in [5, 5.41) is 0. The van der Waals surface area contributed by atoms with Crippen molar-refractivity contribution in [1.82, 2.24) is 4.98 Å². The molecule has 3 aromatic rings. The fourth-order valence-corrected chi connectivity index (χ4v) is 3.43. The highest BCUT2D eigenvalue weighted by Gasteiger charge is 2.02. The topological polar surface area (TPSA) is 22.1 Å². The van der Waals surface area contributed by atoms with E-state index in [2.05, 4.69) is 66.6 Å². The van der Waals surface area contributed by atoms with Crippen molar-refractivity contribution < 1.29 is 4.74 Å². The van der Waals surface area contributed by atoms with E-state index in [0.717, 1.165) is 25.0 Å². The lowest BCUT2D eigenvalue weighted by Crippen LogP contribution is -1.96. The Morgan fingerprint density at radius 1 is 0.679 bits per heavy atom. The summed E-state index contributed by atoms with van der Waals surface area (Å²) in [6.45, 7) is 2.25. The van der Waals surface area contributed by atoms with Crippen LogP contribution in [0.1, 0.15) is 49.4 Å². The fraction of sp³-hybridized carbons (Fsp3) is 0.346. The first kappa shape index (κ1) is 20.1. The first-order valence-electron chi connectivity index (χ1n) is 10.5. The van der Waals surface area contributed by atoms with Crippen LogP contribution in [0, 0.1) is 0 Å². The van der Waals surface area contributed by atoms with E-state index in [0.29, 0.717) is 0 Å². The third-order valence-corrected chi connectivity index (χ3v) is 5.25. The van der Waals surface area contributed by atoms with Crippen molar-refractivity contribution in [1.29, 1.82) is 0 Å². The summed E-state index contributed by atoms with van der Waals surface area (Å²) in [6, 6.07) is 21.5. The Kier molecular flexibility index (Phi) is 7.66. The second-order valence-electron chi connectivity index (χ2n) is 7.39. The number of aromatic nitrogens is 1. The normalized spacial score (nSPS) is 10.8. The van der Waals surface area contributed by atoms with Crippen LogP contribution in [0.4, 0.5) is 0 Å². The molecule has 1 heterocycles. The van der Waals surface area contributed by atoms with E-state index in [-0.39, 0.29) is 0 Å². The molecule has 2 aromatic carbocycles. The molecule has 0 unspecified atom stereocenters. The molecule has 0 N–H and O–H groups in total. The molecule has 28 heavy (non-hydrogen) atoms. The van der Waals surface area contributed by atoms with Crippen LogP contribution in [0.5, 0.6) is 5.75 Å². The molecule has 3 rings (SSSR count). The molecule has 1 aromatic heterocycles. The van der Waals surface area contributed by atoms with Gasteiger partial charge in [-0.1, -0.05) is 68.7 Å². The molecule has 0 aliphatic rings. The van der Waals surface area contributed by atoms with Gasteiger partial charge < -0.3 is 4.74 Å². The average Bonchev–Trinajstić information content (AvgIpc) is 2.76. The van der Waals surface area contributed by atoms with Gasteiger partial charge in [-0.25, -0.2) is 0 Å². The summed E-state index contributed by atoms with van der Waals surface area (Å²) < 4.78 is 5.23. The molecule has 0 aliphatic carbocycles. The molecule has 0 amide bonds. The maximum atomic E-state index is 5.23. The summed E-state index contributed by atoms with van der Waals surface area (Å²) in [5.74, 6) is 0.889. The van der Waals surface area contributed by atoms with Gasteiger partial charge in [-0.2, -0.15) is 0 Å². The fourth-order valence-electron chi connectivity index (χ4n) is 3.43. The lowest BCUT2D eigenvalue weighted by atomic mass is 10.0. The molecule has 146 valence electrons. The van der Waals surface area contributed by atoms with E-state index >= 15 is 0 Å². The zero-order chi connectivity index (χ0) is 19.6. The highest BCUT2D eigenvalue weighted by molar-refractivity contribution is 5.64. The van der Waals surface area contributed by atoms with Crippen LogP contribution in [-0.4, -0.2) is 12.1 Å². The zero-order valence-corrected chi connectivity index (χ0v) is 17.2. The van der Waals surface area contributed by atoms with Crippen molar-refractivity contribution >= 4 is 0 Å². The van der Waals surface area contributed by atoms with E-state index in [1.165, 1.54) is 53.6 Å². The van der Waals surface area contributed by atoms with E-state index in [1.54, 1.807) is 7.11 Å². The summed E-state index contributed by atoms with van der Waals surface area (Å²) in [4.78, 5) is 4.66. The zero-order valence-electron chi connectivity index (χ0n) is 17.2.